The molecule has 1 atom stereocenters. The van der Waals surface area contributed by atoms with Gasteiger partial charge in [0.05, 0.1) is 19.0 Å². The van der Waals surface area contributed by atoms with Crippen LogP contribution in [0.4, 0.5) is 0 Å². The summed E-state index contributed by atoms with van der Waals surface area (Å²) in [5.74, 6) is 0. The first-order valence-electron chi connectivity index (χ1n) is 5.51. The highest BCUT2D eigenvalue weighted by Gasteiger charge is 2.26. The van der Waals surface area contributed by atoms with Crippen LogP contribution >= 0.6 is 0 Å². The highest BCUT2D eigenvalue weighted by atomic mass is 32.2. The Balaban J connectivity index is 1.99. The first-order valence-corrected chi connectivity index (χ1v) is 7.36. The molecular weight excluding hydrogens is 240 g/mol. The summed E-state index contributed by atoms with van der Waals surface area (Å²) in [6.07, 6.45) is 5.35. The Morgan fingerprint density at radius 2 is 2.41 bits per heavy atom. The molecule has 2 rings (SSSR count). The third-order valence-electron chi connectivity index (χ3n) is 2.76. The van der Waals surface area contributed by atoms with Crippen LogP contribution in [0.5, 0.6) is 0 Å². The van der Waals surface area contributed by atoms with Crippen LogP contribution in [0.2, 0.25) is 0 Å². The predicted octanol–water partition coefficient (Wildman–Crippen LogP) is 0.284. The quantitative estimate of drug-likeness (QED) is 0.779. The fourth-order valence-electron chi connectivity index (χ4n) is 1.90. The predicted molar refractivity (Wildman–Crippen MR) is 64.1 cm³/mol. The van der Waals surface area contributed by atoms with E-state index in [9.17, 15) is 8.42 Å². The molecule has 1 saturated heterocycles. The normalized spacial score (nSPS) is 22.5. The zero-order valence-corrected chi connectivity index (χ0v) is 10.6. The van der Waals surface area contributed by atoms with E-state index in [1.54, 1.807) is 12.4 Å². The van der Waals surface area contributed by atoms with E-state index in [4.69, 9.17) is 4.74 Å². The first kappa shape index (κ1) is 12.5. The van der Waals surface area contributed by atoms with E-state index in [-0.39, 0.29) is 6.10 Å². The number of pyridine rings is 1. The fraction of sp³-hybridized carbons (Fsp3) is 0.545. The standard InChI is InChI=1S/C11H16N2O3S/c1-17(14,15)13-5-6-16-11(9-13)7-10-3-2-4-12-8-10/h2-4,8,11H,5-7,9H2,1H3/t11-/m1/s1. The molecule has 5 nitrogen and oxygen atoms in total. The lowest BCUT2D eigenvalue weighted by Gasteiger charge is -2.31. The lowest BCUT2D eigenvalue weighted by molar-refractivity contribution is -0.000324. The molecule has 2 heterocycles. The Kier molecular flexibility index (Phi) is 3.76. The number of aromatic nitrogens is 1. The molecule has 1 aromatic rings. The smallest absolute Gasteiger partial charge is 0.211 e. The average molecular weight is 256 g/mol. The minimum Gasteiger partial charge on any atom is -0.375 e. The Hall–Kier alpha value is -0.980. The Bertz CT molecular complexity index is 461. The molecule has 0 unspecified atom stereocenters. The van der Waals surface area contributed by atoms with Crippen molar-refractivity contribution in [1.29, 1.82) is 0 Å². The van der Waals surface area contributed by atoms with Crippen LogP contribution in [0.25, 0.3) is 0 Å². The van der Waals surface area contributed by atoms with Crippen molar-refractivity contribution < 1.29 is 13.2 Å². The van der Waals surface area contributed by atoms with E-state index in [2.05, 4.69) is 4.98 Å². The van der Waals surface area contributed by atoms with Crippen LogP contribution in [0, 0.1) is 0 Å². The maximum atomic E-state index is 11.4. The molecule has 1 aromatic heterocycles. The lowest BCUT2D eigenvalue weighted by Crippen LogP contribution is -2.45. The molecule has 0 aromatic carbocycles. The van der Waals surface area contributed by atoms with Crippen molar-refractivity contribution in [3.8, 4) is 0 Å². The first-order chi connectivity index (χ1) is 8.05. The third kappa shape index (κ3) is 3.49. The Labute approximate surface area is 101 Å². The highest BCUT2D eigenvalue weighted by molar-refractivity contribution is 7.88. The second kappa shape index (κ2) is 5.12. The maximum absolute atomic E-state index is 11.4. The van der Waals surface area contributed by atoms with Crippen LogP contribution in [0.3, 0.4) is 0 Å². The summed E-state index contributed by atoms with van der Waals surface area (Å²) in [4.78, 5) is 4.03. The zero-order valence-electron chi connectivity index (χ0n) is 9.74. The van der Waals surface area contributed by atoms with Gasteiger partial charge in [0.25, 0.3) is 0 Å². The molecule has 1 aliphatic heterocycles. The van der Waals surface area contributed by atoms with Gasteiger partial charge in [-0.2, -0.15) is 4.31 Å². The number of morpholine rings is 1. The summed E-state index contributed by atoms with van der Waals surface area (Å²) < 4.78 is 29.9. The number of hydrogen-bond acceptors (Lipinski definition) is 4. The number of hydrogen-bond donors (Lipinski definition) is 0. The molecule has 17 heavy (non-hydrogen) atoms. The van der Waals surface area contributed by atoms with E-state index >= 15 is 0 Å². The Morgan fingerprint density at radius 1 is 1.59 bits per heavy atom. The van der Waals surface area contributed by atoms with Gasteiger partial charge in [-0.05, 0) is 11.6 Å². The molecule has 94 valence electrons. The molecule has 0 saturated carbocycles. The zero-order chi connectivity index (χ0) is 12.3. The van der Waals surface area contributed by atoms with Gasteiger partial charge in [-0.3, -0.25) is 4.98 Å². The van der Waals surface area contributed by atoms with Crippen LogP contribution in [0.15, 0.2) is 24.5 Å². The van der Waals surface area contributed by atoms with E-state index in [0.29, 0.717) is 26.1 Å². The minimum absolute atomic E-state index is 0.0809. The summed E-state index contributed by atoms with van der Waals surface area (Å²) in [5.41, 5.74) is 1.06. The van der Waals surface area contributed by atoms with Crippen molar-refractivity contribution in [1.82, 2.24) is 9.29 Å². The molecular formula is C11H16N2O3S. The molecule has 0 aliphatic carbocycles. The SMILES string of the molecule is CS(=O)(=O)N1CCO[C@H](Cc2cccnc2)C1. The van der Waals surface area contributed by atoms with Gasteiger partial charge in [0.15, 0.2) is 0 Å². The van der Waals surface area contributed by atoms with Crippen LogP contribution in [-0.4, -0.2) is 49.8 Å². The molecule has 6 heteroatoms. The van der Waals surface area contributed by atoms with Crippen molar-refractivity contribution in [2.45, 2.75) is 12.5 Å². The van der Waals surface area contributed by atoms with Gasteiger partial charge in [0.2, 0.25) is 10.0 Å². The minimum atomic E-state index is -3.11. The summed E-state index contributed by atoms with van der Waals surface area (Å²) in [6, 6.07) is 3.84. The van der Waals surface area contributed by atoms with Crippen molar-refractivity contribution in [2.24, 2.45) is 0 Å². The summed E-state index contributed by atoms with van der Waals surface area (Å²) in [7, 11) is -3.11. The lowest BCUT2D eigenvalue weighted by atomic mass is 10.1. The van der Waals surface area contributed by atoms with Crippen LogP contribution in [0.1, 0.15) is 5.56 Å². The molecule has 0 N–H and O–H groups in total. The van der Waals surface area contributed by atoms with Crippen molar-refractivity contribution in [2.75, 3.05) is 26.0 Å². The monoisotopic (exact) mass is 256 g/mol. The number of ether oxygens (including phenoxy) is 1. The number of nitrogens with zero attached hydrogens (tertiary/aromatic N) is 2. The van der Waals surface area contributed by atoms with Gasteiger partial charge >= 0.3 is 0 Å². The molecule has 0 bridgehead atoms. The van der Waals surface area contributed by atoms with E-state index in [0.717, 1.165) is 5.56 Å². The average Bonchev–Trinajstić information content (AvgIpc) is 2.29. The highest BCUT2D eigenvalue weighted by Crippen LogP contribution is 2.13. The summed E-state index contributed by atoms with van der Waals surface area (Å²) >= 11 is 0. The van der Waals surface area contributed by atoms with Crippen molar-refractivity contribution >= 4 is 10.0 Å². The summed E-state index contributed by atoms with van der Waals surface area (Å²) in [5, 5.41) is 0. The molecule has 0 amide bonds. The second-order valence-corrected chi connectivity index (χ2v) is 6.16. The van der Waals surface area contributed by atoms with Gasteiger partial charge in [-0.1, -0.05) is 6.07 Å². The fourth-order valence-corrected chi connectivity index (χ4v) is 2.74. The second-order valence-electron chi connectivity index (χ2n) is 4.18. The maximum Gasteiger partial charge on any atom is 0.211 e. The Morgan fingerprint density at radius 3 is 3.06 bits per heavy atom. The number of sulfonamides is 1. The summed E-state index contributed by atoms with van der Waals surface area (Å²) in [6.45, 7) is 1.33. The van der Waals surface area contributed by atoms with Gasteiger partial charge in [-0.25, -0.2) is 8.42 Å². The van der Waals surface area contributed by atoms with Crippen LogP contribution < -0.4 is 0 Å². The molecule has 1 aliphatic rings. The largest absolute Gasteiger partial charge is 0.375 e. The van der Waals surface area contributed by atoms with Gasteiger partial charge in [0.1, 0.15) is 0 Å². The van der Waals surface area contributed by atoms with Gasteiger partial charge in [0, 0.05) is 31.9 Å². The van der Waals surface area contributed by atoms with Gasteiger partial charge < -0.3 is 4.74 Å². The van der Waals surface area contributed by atoms with E-state index < -0.39 is 10.0 Å². The van der Waals surface area contributed by atoms with Crippen molar-refractivity contribution in [3.05, 3.63) is 30.1 Å². The molecule has 0 radical (unpaired) electrons. The molecule has 0 spiro atoms. The topological polar surface area (TPSA) is 59.5 Å². The third-order valence-corrected chi connectivity index (χ3v) is 4.03. The van der Waals surface area contributed by atoms with E-state index in [1.165, 1.54) is 10.6 Å². The molecule has 1 fully saturated rings. The van der Waals surface area contributed by atoms with Crippen molar-refractivity contribution in [3.63, 3.8) is 0 Å². The number of rotatable bonds is 3. The van der Waals surface area contributed by atoms with Gasteiger partial charge in [-0.15, -0.1) is 0 Å². The van der Waals surface area contributed by atoms with Crippen LogP contribution in [-0.2, 0) is 21.2 Å². The van der Waals surface area contributed by atoms with E-state index in [1.807, 2.05) is 12.1 Å².